The molecule has 3 rings (SSSR count). The third kappa shape index (κ3) is 5.65. The molecule has 0 saturated carbocycles. The first-order chi connectivity index (χ1) is 13.1. The second-order valence-corrected chi connectivity index (χ2v) is 12.1. The summed E-state index contributed by atoms with van der Waals surface area (Å²) < 4.78 is 59.2. The number of aliphatic imine (C=N–C) groups is 1. The Bertz CT molecular complexity index is 856. The van der Waals surface area contributed by atoms with Gasteiger partial charge in [0.15, 0.2) is 9.59 Å². The van der Waals surface area contributed by atoms with Crippen molar-refractivity contribution in [2.75, 3.05) is 44.9 Å². The number of alkyl halides is 3. The minimum atomic E-state index is -4.46. The molecule has 1 aromatic carbocycles. The molecule has 2 aliphatic heterocycles. The number of amidine groups is 1. The van der Waals surface area contributed by atoms with Crippen molar-refractivity contribution in [3.05, 3.63) is 33.9 Å². The summed E-state index contributed by atoms with van der Waals surface area (Å²) in [5, 5.41) is 5.52. The molecule has 0 amide bonds. The Labute approximate surface area is 171 Å². The summed E-state index contributed by atoms with van der Waals surface area (Å²) in [7, 11) is -2.35. The van der Waals surface area contributed by atoms with Crippen molar-refractivity contribution >= 4 is 48.5 Å². The number of hydrazine groups is 1. The van der Waals surface area contributed by atoms with E-state index in [2.05, 4.69) is 15.7 Å². The van der Waals surface area contributed by atoms with Gasteiger partial charge in [0.05, 0.1) is 13.2 Å². The van der Waals surface area contributed by atoms with Gasteiger partial charge in [0.1, 0.15) is 12.7 Å². The number of hydrogen-bond acceptors (Lipinski definition) is 6. The topological polar surface area (TPSA) is 66.0 Å². The number of halogens is 4. The highest BCUT2D eigenvalue weighted by atomic mass is 127. The van der Waals surface area contributed by atoms with Crippen LogP contribution in [-0.2, 0) is 9.30 Å². The molecule has 0 unspecified atom stereocenters. The van der Waals surface area contributed by atoms with Crippen molar-refractivity contribution in [2.24, 2.45) is 4.99 Å². The molecule has 2 aliphatic rings. The summed E-state index contributed by atoms with van der Waals surface area (Å²) in [5.74, 6) is -0.203. The van der Waals surface area contributed by atoms with Crippen LogP contribution < -0.4 is 16.0 Å². The maximum Gasteiger partial charge on any atom is 0.420 e. The summed E-state index contributed by atoms with van der Waals surface area (Å²) >= 11 is -1.07. The number of benzene rings is 1. The maximum absolute atomic E-state index is 13.4. The third-order valence-electron chi connectivity index (χ3n) is 4.05. The van der Waals surface area contributed by atoms with E-state index in [0.29, 0.717) is 35.7 Å². The third-order valence-corrected chi connectivity index (χ3v) is 7.63. The van der Waals surface area contributed by atoms with Crippen molar-refractivity contribution in [3.63, 3.8) is 0 Å². The molecule has 2 N–H and O–H groups in total. The molecule has 0 aromatic heterocycles. The number of morpholine rings is 1. The molecule has 0 radical (unpaired) electrons. The molecular weight excluding hydrogens is 507 g/mol. The lowest BCUT2D eigenvalue weighted by atomic mass is 10.2. The lowest BCUT2D eigenvalue weighted by molar-refractivity contribution is -0.0865. The monoisotopic (exact) mass is 528 g/mol. The highest BCUT2D eigenvalue weighted by molar-refractivity contribution is 14.2. The van der Waals surface area contributed by atoms with Crippen LogP contribution in [0.4, 0.5) is 18.9 Å². The molecule has 0 aliphatic carbocycles. The van der Waals surface area contributed by atoms with Crippen molar-refractivity contribution in [3.8, 4) is 0 Å². The minimum absolute atomic E-state index is 0.203. The Kier molecular flexibility index (Phi) is 6.63. The maximum atomic E-state index is 13.4. The molecule has 2 heterocycles. The molecule has 6 nitrogen and oxygen atoms in total. The first-order valence-electron chi connectivity index (χ1n) is 8.52. The Hall–Kier alpha value is -1.23. The number of nitrogens with one attached hydrogen (secondary N) is 2. The summed E-state index contributed by atoms with van der Waals surface area (Å²) in [6.45, 7) is 5.26. The van der Waals surface area contributed by atoms with E-state index in [0.717, 1.165) is 5.30 Å². The molecule has 11 heteroatoms. The molecule has 1 fully saturated rings. The second kappa shape index (κ2) is 8.64. The van der Waals surface area contributed by atoms with Crippen LogP contribution in [-0.4, -0.2) is 60.4 Å². The van der Waals surface area contributed by atoms with E-state index < -0.39 is 39.6 Å². The second-order valence-electron chi connectivity index (χ2n) is 6.61. The lowest BCUT2D eigenvalue weighted by Gasteiger charge is -2.30. The van der Waals surface area contributed by atoms with E-state index in [1.54, 1.807) is 42.6 Å². The molecule has 1 saturated heterocycles. The zero-order valence-corrected chi connectivity index (χ0v) is 18.4. The summed E-state index contributed by atoms with van der Waals surface area (Å²) in [4.78, 5) is 4.22. The van der Waals surface area contributed by atoms with Crippen LogP contribution in [0.1, 0.15) is 0 Å². The largest absolute Gasteiger partial charge is 0.420 e. The molecular formula is C17H21F3IN4O2P. The molecule has 0 bridgehead atoms. The van der Waals surface area contributed by atoms with Gasteiger partial charge in [-0.05, 0) is 62.4 Å². The predicted octanol–water partition coefficient (Wildman–Crippen LogP) is 3.10. The van der Waals surface area contributed by atoms with E-state index in [1.807, 2.05) is 0 Å². The molecule has 28 heavy (non-hydrogen) atoms. The summed E-state index contributed by atoms with van der Waals surface area (Å²) in [6, 6.07) is 7.05. The number of anilines is 1. The number of nitrogens with zero attached hydrogens (tertiary/aromatic N) is 2. The quantitative estimate of drug-likeness (QED) is 0.465. The molecule has 1 aromatic rings. The zero-order chi connectivity index (χ0) is 20.4. The van der Waals surface area contributed by atoms with Gasteiger partial charge in [-0.1, -0.05) is 0 Å². The minimum Gasteiger partial charge on any atom is -0.379 e. The Morgan fingerprint density at radius 3 is 2.39 bits per heavy atom. The van der Waals surface area contributed by atoms with E-state index in [1.165, 1.54) is 4.08 Å². The average molecular weight is 528 g/mol. The zero-order valence-electron chi connectivity index (χ0n) is 15.4. The van der Waals surface area contributed by atoms with Crippen LogP contribution in [0.5, 0.6) is 0 Å². The SMILES string of the molecule is CP(C)(=O)c1ccc(NC2=IC=C(C(F)(F)F)C(NN3CCOCC3)=N2)cc1. The van der Waals surface area contributed by atoms with Gasteiger partial charge in [-0.15, -0.1) is 0 Å². The molecule has 0 atom stereocenters. The predicted molar refractivity (Wildman–Crippen MR) is 115 cm³/mol. The van der Waals surface area contributed by atoms with Gasteiger partial charge in [0, 0.05) is 24.1 Å². The number of hydrogen-bond donors (Lipinski definition) is 2. The van der Waals surface area contributed by atoms with Gasteiger partial charge in [-0.25, -0.2) is 10.0 Å². The van der Waals surface area contributed by atoms with E-state index in [9.17, 15) is 17.7 Å². The van der Waals surface area contributed by atoms with E-state index >= 15 is 0 Å². The van der Waals surface area contributed by atoms with Crippen LogP contribution in [0.25, 0.3) is 0 Å². The van der Waals surface area contributed by atoms with E-state index in [4.69, 9.17) is 4.74 Å². The summed E-state index contributed by atoms with van der Waals surface area (Å²) in [5.41, 5.74) is 2.76. The Morgan fingerprint density at radius 2 is 1.82 bits per heavy atom. The fourth-order valence-corrected chi connectivity index (χ4v) is 5.49. The van der Waals surface area contributed by atoms with Crippen LogP contribution in [0.3, 0.4) is 0 Å². The van der Waals surface area contributed by atoms with Crippen LogP contribution in [0, 0.1) is 0 Å². The van der Waals surface area contributed by atoms with Gasteiger partial charge >= 0.3 is 6.18 Å². The fraction of sp³-hybridized carbons (Fsp3) is 0.412. The van der Waals surface area contributed by atoms with Crippen molar-refractivity contribution in [2.45, 2.75) is 6.18 Å². The molecule has 154 valence electrons. The van der Waals surface area contributed by atoms with Crippen molar-refractivity contribution < 1.29 is 22.5 Å². The molecule has 0 spiro atoms. The smallest absolute Gasteiger partial charge is 0.379 e. The normalized spacial score (nSPS) is 19.1. The van der Waals surface area contributed by atoms with Gasteiger partial charge in [0.2, 0.25) is 0 Å². The number of rotatable bonds is 4. The van der Waals surface area contributed by atoms with Gasteiger partial charge in [0.25, 0.3) is 0 Å². The van der Waals surface area contributed by atoms with Gasteiger partial charge < -0.3 is 20.0 Å². The van der Waals surface area contributed by atoms with Crippen molar-refractivity contribution in [1.82, 2.24) is 10.4 Å². The van der Waals surface area contributed by atoms with Crippen LogP contribution in [0.15, 0.2) is 38.9 Å². The van der Waals surface area contributed by atoms with Crippen LogP contribution >= 0.6 is 27.9 Å². The Balaban J connectivity index is 1.79. The fourth-order valence-electron chi connectivity index (χ4n) is 2.53. The Morgan fingerprint density at radius 1 is 1.18 bits per heavy atom. The number of ether oxygens (including phenoxy) is 1. The van der Waals surface area contributed by atoms with Crippen LogP contribution in [0.2, 0.25) is 0 Å². The highest BCUT2D eigenvalue weighted by Crippen LogP contribution is 2.35. The first kappa shape index (κ1) is 21.5. The highest BCUT2D eigenvalue weighted by Gasteiger charge is 2.39. The van der Waals surface area contributed by atoms with E-state index in [-0.39, 0.29) is 5.84 Å². The first-order valence-corrected chi connectivity index (χ1v) is 13.4. The average Bonchev–Trinajstić information content (AvgIpc) is 2.61. The van der Waals surface area contributed by atoms with Gasteiger partial charge in [-0.2, -0.15) is 13.2 Å². The standard InChI is InChI=1S/C17H21F3IN4O2P/c1-28(2,26)13-5-3-12(4-6-13)22-16-21-11-14(17(18,19)20)15(23-16)24-25-7-9-27-10-8-25/h3-6,11H,7-10H2,1-2H3,(H2,22,23,24). The van der Waals surface area contributed by atoms with Gasteiger partial charge in [-0.3, -0.25) is 0 Å². The summed E-state index contributed by atoms with van der Waals surface area (Å²) in [6.07, 6.45) is -4.46. The lowest BCUT2D eigenvalue weighted by Crippen LogP contribution is -2.50. The van der Waals surface area contributed by atoms with Crippen molar-refractivity contribution in [1.29, 1.82) is 0 Å².